The number of carbonyl (C=O) groups excluding carboxylic acids is 1. The molecule has 0 radical (unpaired) electrons. The Hall–Kier alpha value is -0.650. The maximum absolute atomic E-state index is 11.8. The van der Waals surface area contributed by atoms with Crippen LogP contribution in [-0.2, 0) is 10.5 Å². The van der Waals surface area contributed by atoms with Gasteiger partial charge in [0.05, 0.1) is 6.04 Å². The van der Waals surface area contributed by atoms with E-state index < -0.39 is 0 Å². The molecule has 0 bridgehead atoms. The molecule has 2 N–H and O–H groups in total. The molecule has 5 heteroatoms. The minimum absolute atomic E-state index is 0.0501. The van der Waals surface area contributed by atoms with Gasteiger partial charge in [0.2, 0.25) is 5.91 Å². The molecule has 0 saturated carbocycles. The van der Waals surface area contributed by atoms with Crippen molar-refractivity contribution in [1.29, 1.82) is 0 Å². The van der Waals surface area contributed by atoms with E-state index in [1.807, 2.05) is 12.1 Å². The van der Waals surface area contributed by atoms with E-state index in [1.165, 1.54) is 5.56 Å². The second-order valence-electron chi connectivity index (χ2n) is 3.89. The molecule has 1 aromatic rings. The van der Waals surface area contributed by atoms with Crippen LogP contribution in [0.4, 0.5) is 5.69 Å². The first kappa shape index (κ1) is 12.8. The number of hydrogen-bond acceptors (Lipinski definition) is 4. The molecular weight excluding hydrogens is 252 g/mol. The molecule has 1 unspecified atom stereocenters. The maximum Gasteiger partial charge on any atom is 0.242 e. The van der Waals surface area contributed by atoms with E-state index >= 15 is 0 Å². The summed E-state index contributed by atoms with van der Waals surface area (Å²) < 4.78 is 0. The number of carbonyl (C=O) groups is 1. The van der Waals surface area contributed by atoms with Crippen LogP contribution in [0.25, 0.3) is 0 Å². The molecule has 92 valence electrons. The maximum atomic E-state index is 11.8. The van der Waals surface area contributed by atoms with Crippen molar-refractivity contribution in [1.82, 2.24) is 5.32 Å². The topological polar surface area (TPSA) is 41.1 Å². The van der Waals surface area contributed by atoms with Crippen LogP contribution in [0.15, 0.2) is 24.3 Å². The minimum Gasteiger partial charge on any atom is -0.325 e. The van der Waals surface area contributed by atoms with Crippen molar-refractivity contribution in [3.05, 3.63) is 29.8 Å². The molecular formula is C12H16N2OS2. The summed E-state index contributed by atoms with van der Waals surface area (Å²) in [7, 11) is 0. The zero-order chi connectivity index (χ0) is 12.1. The second kappa shape index (κ2) is 6.33. The van der Waals surface area contributed by atoms with Crippen molar-refractivity contribution in [2.24, 2.45) is 0 Å². The van der Waals surface area contributed by atoms with E-state index in [-0.39, 0.29) is 11.9 Å². The number of anilines is 1. The average molecular weight is 268 g/mol. The van der Waals surface area contributed by atoms with Crippen molar-refractivity contribution in [3.63, 3.8) is 0 Å². The first-order valence-electron chi connectivity index (χ1n) is 5.49. The fourth-order valence-electron chi connectivity index (χ4n) is 1.64. The van der Waals surface area contributed by atoms with Gasteiger partial charge in [-0.05, 0) is 24.0 Å². The molecule has 1 aliphatic rings. The number of nitrogens with one attached hydrogen (secondary N) is 2. The fourth-order valence-corrected chi connectivity index (χ4v) is 3.11. The Balaban J connectivity index is 1.91. The summed E-state index contributed by atoms with van der Waals surface area (Å²) in [6, 6.07) is 7.99. The molecule has 1 aromatic carbocycles. The smallest absolute Gasteiger partial charge is 0.242 e. The third kappa shape index (κ3) is 3.66. The van der Waals surface area contributed by atoms with Crippen molar-refractivity contribution >= 4 is 35.1 Å². The third-order valence-corrected chi connectivity index (χ3v) is 4.13. The Bertz CT molecular complexity index is 375. The summed E-state index contributed by atoms with van der Waals surface area (Å²) >= 11 is 3.55. The second-order valence-corrected chi connectivity index (χ2v) is 5.79. The van der Waals surface area contributed by atoms with Gasteiger partial charge in [0, 0.05) is 23.1 Å². The van der Waals surface area contributed by atoms with Gasteiger partial charge in [-0.25, -0.2) is 0 Å². The lowest BCUT2D eigenvalue weighted by Gasteiger charge is -2.10. The predicted molar refractivity (Wildman–Crippen MR) is 76.5 cm³/mol. The van der Waals surface area contributed by atoms with Gasteiger partial charge in [-0.2, -0.15) is 11.8 Å². The fraction of sp³-hybridized carbons (Fsp3) is 0.417. The van der Waals surface area contributed by atoms with Crippen molar-refractivity contribution in [2.45, 2.75) is 11.8 Å². The molecule has 0 spiro atoms. The molecule has 1 saturated heterocycles. The van der Waals surface area contributed by atoms with Gasteiger partial charge >= 0.3 is 0 Å². The molecule has 1 fully saturated rings. The van der Waals surface area contributed by atoms with Crippen LogP contribution in [0, 0.1) is 0 Å². The first-order valence-corrected chi connectivity index (χ1v) is 8.04. The van der Waals surface area contributed by atoms with E-state index in [2.05, 4.69) is 29.0 Å². The van der Waals surface area contributed by atoms with Crippen molar-refractivity contribution in [3.8, 4) is 0 Å². The van der Waals surface area contributed by atoms with Crippen LogP contribution in [0.1, 0.15) is 5.56 Å². The SMILES string of the molecule is CSCc1ccc(NC(=O)C2CSCN2)cc1. The van der Waals surface area contributed by atoms with Gasteiger partial charge in [0.1, 0.15) is 0 Å². The number of rotatable bonds is 4. The molecule has 1 amide bonds. The molecule has 3 nitrogen and oxygen atoms in total. The van der Waals surface area contributed by atoms with E-state index in [0.717, 1.165) is 23.1 Å². The van der Waals surface area contributed by atoms with Gasteiger partial charge in [-0.3, -0.25) is 10.1 Å². The molecule has 17 heavy (non-hydrogen) atoms. The Morgan fingerprint density at radius 2 is 2.29 bits per heavy atom. The van der Waals surface area contributed by atoms with Gasteiger partial charge in [-0.1, -0.05) is 12.1 Å². The minimum atomic E-state index is -0.0501. The van der Waals surface area contributed by atoms with Crippen LogP contribution in [0.3, 0.4) is 0 Å². The van der Waals surface area contributed by atoms with Gasteiger partial charge in [0.25, 0.3) is 0 Å². The highest BCUT2D eigenvalue weighted by molar-refractivity contribution is 7.99. The first-order chi connectivity index (χ1) is 8.29. The van der Waals surface area contributed by atoms with Crippen LogP contribution in [0.5, 0.6) is 0 Å². The highest BCUT2D eigenvalue weighted by Crippen LogP contribution is 2.15. The molecule has 2 rings (SSSR count). The van der Waals surface area contributed by atoms with Gasteiger partial charge in [0.15, 0.2) is 0 Å². The van der Waals surface area contributed by atoms with Crippen LogP contribution < -0.4 is 10.6 Å². The zero-order valence-electron chi connectivity index (χ0n) is 9.73. The lowest BCUT2D eigenvalue weighted by molar-refractivity contribution is -0.117. The number of thioether (sulfide) groups is 2. The molecule has 0 aliphatic carbocycles. The normalized spacial score (nSPS) is 19.2. The zero-order valence-corrected chi connectivity index (χ0v) is 11.4. The summed E-state index contributed by atoms with van der Waals surface area (Å²) in [5.74, 6) is 2.79. The third-order valence-electron chi connectivity index (χ3n) is 2.57. The van der Waals surface area contributed by atoms with Crippen LogP contribution in [0.2, 0.25) is 0 Å². The summed E-state index contributed by atoms with van der Waals surface area (Å²) in [4.78, 5) is 11.8. The monoisotopic (exact) mass is 268 g/mol. The Morgan fingerprint density at radius 3 is 2.88 bits per heavy atom. The number of benzene rings is 1. The summed E-state index contributed by atoms with van der Waals surface area (Å²) in [5.41, 5.74) is 2.16. The molecule has 1 heterocycles. The van der Waals surface area contributed by atoms with E-state index in [4.69, 9.17) is 0 Å². The lowest BCUT2D eigenvalue weighted by atomic mass is 10.2. The summed E-state index contributed by atoms with van der Waals surface area (Å²) in [6.45, 7) is 0. The predicted octanol–water partition coefficient (Wildman–Crippen LogP) is 2.15. The molecule has 0 aromatic heterocycles. The lowest BCUT2D eigenvalue weighted by Crippen LogP contribution is -2.37. The Labute approximate surface area is 110 Å². The van der Waals surface area contributed by atoms with E-state index in [0.29, 0.717) is 0 Å². The summed E-state index contributed by atoms with van der Waals surface area (Å²) in [5, 5.41) is 6.09. The highest BCUT2D eigenvalue weighted by atomic mass is 32.2. The van der Waals surface area contributed by atoms with Crippen LogP contribution in [-0.4, -0.2) is 29.8 Å². The number of hydrogen-bond donors (Lipinski definition) is 2. The Morgan fingerprint density at radius 1 is 1.53 bits per heavy atom. The quantitative estimate of drug-likeness (QED) is 0.878. The molecule has 1 aliphatic heterocycles. The molecule has 1 atom stereocenters. The summed E-state index contributed by atoms with van der Waals surface area (Å²) in [6.07, 6.45) is 2.08. The average Bonchev–Trinajstić information content (AvgIpc) is 2.86. The van der Waals surface area contributed by atoms with Gasteiger partial charge in [-0.15, -0.1) is 11.8 Å². The highest BCUT2D eigenvalue weighted by Gasteiger charge is 2.22. The standard InChI is InChI=1S/C12H16N2OS2/c1-16-6-9-2-4-10(5-3-9)14-12(15)11-7-17-8-13-11/h2-5,11,13H,6-8H2,1H3,(H,14,15). The van der Waals surface area contributed by atoms with Crippen LogP contribution >= 0.6 is 23.5 Å². The van der Waals surface area contributed by atoms with E-state index in [1.54, 1.807) is 23.5 Å². The number of amides is 1. The van der Waals surface area contributed by atoms with E-state index in [9.17, 15) is 4.79 Å². The Kier molecular flexibility index (Phi) is 4.76. The van der Waals surface area contributed by atoms with Crippen molar-refractivity contribution in [2.75, 3.05) is 23.2 Å². The van der Waals surface area contributed by atoms with Crippen molar-refractivity contribution < 1.29 is 4.79 Å². The van der Waals surface area contributed by atoms with Gasteiger partial charge < -0.3 is 5.32 Å². The largest absolute Gasteiger partial charge is 0.325 e.